The fourth-order valence-electron chi connectivity index (χ4n) is 1.89. The van der Waals surface area contributed by atoms with Crippen molar-refractivity contribution in [3.8, 4) is 12.1 Å². The maximum Gasteiger partial charge on any atom is 0.179 e. The Morgan fingerprint density at radius 1 is 0.947 bits per heavy atom. The minimum Gasteiger partial charge on any atom is -0.335 e. The molecule has 0 saturated carbocycles. The molecule has 2 aromatic rings. The van der Waals surface area contributed by atoms with Gasteiger partial charge in [0.1, 0.15) is 12.1 Å². The molecule has 0 spiro atoms. The lowest BCUT2D eigenvalue weighted by Gasteiger charge is -2.21. The lowest BCUT2D eigenvalue weighted by atomic mass is 10.1. The predicted molar refractivity (Wildman–Crippen MR) is 69.2 cm³/mol. The zero-order valence-corrected chi connectivity index (χ0v) is 10.0. The third-order valence-electron chi connectivity index (χ3n) is 2.79. The highest BCUT2D eigenvalue weighted by atomic mass is 15.2. The standard InChI is InChI=1S/C13H8N6/c1-7-2-3-8-9(4-7)17-13-12(16-8)18-10(5-14)11(6-15)19-13/h2-4H,1H3,(H,16,18)(H,17,19). The van der Waals surface area contributed by atoms with Crippen molar-refractivity contribution in [2.24, 2.45) is 0 Å². The monoisotopic (exact) mass is 248 g/mol. The van der Waals surface area contributed by atoms with Gasteiger partial charge in [-0.2, -0.15) is 10.5 Å². The summed E-state index contributed by atoms with van der Waals surface area (Å²) in [6.45, 7) is 1.99. The molecule has 0 bridgehead atoms. The second-order valence-corrected chi connectivity index (χ2v) is 4.14. The molecule has 90 valence electrons. The largest absolute Gasteiger partial charge is 0.335 e. The van der Waals surface area contributed by atoms with Gasteiger partial charge in [-0.05, 0) is 24.6 Å². The summed E-state index contributed by atoms with van der Waals surface area (Å²) in [5, 5.41) is 24.1. The Morgan fingerprint density at radius 3 is 2.11 bits per heavy atom. The Hall–Kier alpha value is -3.12. The molecule has 6 nitrogen and oxygen atoms in total. The van der Waals surface area contributed by atoms with Crippen LogP contribution in [0.5, 0.6) is 0 Å². The summed E-state index contributed by atoms with van der Waals surface area (Å²) < 4.78 is 0. The molecule has 0 amide bonds. The summed E-state index contributed by atoms with van der Waals surface area (Å²) in [5.74, 6) is 0.903. The second kappa shape index (κ2) is 3.97. The third-order valence-corrected chi connectivity index (χ3v) is 2.79. The Bertz CT molecular complexity index is 766. The zero-order chi connectivity index (χ0) is 13.4. The number of anilines is 4. The van der Waals surface area contributed by atoms with E-state index in [-0.39, 0.29) is 11.4 Å². The molecular weight excluding hydrogens is 240 g/mol. The third kappa shape index (κ3) is 1.72. The van der Waals surface area contributed by atoms with Gasteiger partial charge in [0.05, 0.1) is 11.4 Å². The average Bonchev–Trinajstić information content (AvgIpc) is 2.43. The van der Waals surface area contributed by atoms with E-state index in [1.807, 2.05) is 37.3 Å². The smallest absolute Gasteiger partial charge is 0.179 e. The van der Waals surface area contributed by atoms with Crippen molar-refractivity contribution >= 4 is 23.0 Å². The summed E-state index contributed by atoms with van der Waals surface area (Å²) in [5.41, 5.74) is 2.88. The van der Waals surface area contributed by atoms with Crippen LogP contribution in [0.15, 0.2) is 18.2 Å². The molecule has 2 heterocycles. The van der Waals surface area contributed by atoms with E-state index in [0.29, 0.717) is 11.6 Å². The van der Waals surface area contributed by atoms with E-state index in [0.717, 1.165) is 16.9 Å². The van der Waals surface area contributed by atoms with E-state index in [9.17, 15) is 0 Å². The van der Waals surface area contributed by atoms with E-state index in [4.69, 9.17) is 10.5 Å². The van der Waals surface area contributed by atoms with Gasteiger partial charge in [0.2, 0.25) is 0 Å². The predicted octanol–water partition coefficient (Wildman–Crippen LogP) is 2.33. The first-order chi connectivity index (χ1) is 9.21. The van der Waals surface area contributed by atoms with Crippen LogP contribution in [0.1, 0.15) is 17.0 Å². The van der Waals surface area contributed by atoms with Gasteiger partial charge < -0.3 is 10.6 Å². The summed E-state index contributed by atoms with van der Waals surface area (Å²) >= 11 is 0. The van der Waals surface area contributed by atoms with Gasteiger partial charge in [-0.3, -0.25) is 0 Å². The normalized spacial score (nSPS) is 11.1. The summed E-state index contributed by atoms with van der Waals surface area (Å²) in [6, 6.07) is 9.60. The van der Waals surface area contributed by atoms with E-state index in [1.165, 1.54) is 0 Å². The van der Waals surface area contributed by atoms with Gasteiger partial charge in [-0.1, -0.05) is 6.07 Å². The number of aryl methyl sites for hydroxylation is 1. The van der Waals surface area contributed by atoms with Crippen LogP contribution < -0.4 is 10.6 Å². The van der Waals surface area contributed by atoms with Crippen molar-refractivity contribution in [1.82, 2.24) is 9.97 Å². The number of fused-ring (bicyclic) bond motifs is 2. The van der Waals surface area contributed by atoms with Crippen molar-refractivity contribution in [3.63, 3.8) is 0 Å². The fourth-order valence-corrected chi connectivity index (χ4v) is 1.89. The van der Waals surface area contributed by atoms with Crippen molar-refractivity contribution in [2.75, 3.05) is 10.6 Å². The van der Waals surface area contributed by atoms with Gasteiger partial charge in [0, 0.05) is 0 Å². The Labute approximate surface area is 109 Å². The van der Waals surface area contributed by atoms with Crippen molar-refractivity contribution in [1.29, 1.82) is 10.5 Å². The van der Waals surface area contributed by atoms with Crippen LogP contribution in [0.2, 0.25) is 0 Å². The van der Waals surface area contributed by atoms with Gasteiger partial charge in [-0.25, -0.2) is 9.97 Å². The number of rotatable bonds is 0. The van der Waals surface area contributed by atoms with Crippen LogP contribution in [0, 0.1) is 29.6 Å². The molecule has 19 heavy (non-hydrogen) atoms. The van der Waals surface area contributed by atoms with Crippen LogP contribution in [0.3, 0.4) is 0 Å². The molecular formula is C13H8N6. The number of nitrogens with zero attached hydrogens (tertiary/aromatic N) is 4. The average molecular weight is 248 g/mol. The van der Waals surface area contributed by atoms with E-state index in [1.54, 1.807) is 0 Å². The minimum absolute atomic E-state index is 0.0195. The first-order valence-corrected chi connectivity index (χ1v) is 5.58. The Morgan fingerprint density at radius 2 is 1.53 bits per heavy atom. The number of nitriles is 2. The fraction of sp³-hybridized carbons (Fsp3) is 0.0769. The highest BCUT2D eigenvalue weighted by molar-refractivity contribution is 5.87. The summed E-state index contributed by atoms with van der Waals surface area (Å²) in [4.78, 5) is 8.22. The van der Waals surface area contributed by atoms with Crippen LogP contribution >= 0.6 is 0 Å². The molecule has 1 aliphatic heterocycles. The van der Waals surface area contributed by atoms with E-state index in [2.05, 4.69) is 20.6 Å². The van der Waals surface area contributed by atoms with Gasteiger partial charge in [0.15, 0.2) is 23.0 Å². The van der Waals surface area contributed by atoms with Gasteiger partial charge in [-0.15, -0.1) is 0 Å². The molecule has 6 heteroatoms. The maximum atomic E-state index is 8.94. The minimum atomic E-state index is 0.0195. The lowest BCUT2D eigenvalue weighted by molar-refractivity contribution is 1.12. The molecule has 1 aromatic carbocycles. The highest BCUT2D eigenvalue weighted by Crippen LogP contribution is 2.36. The van der Waals surface area contributed by atoms with Crippen molar-refractivity contribution < 1.29 is 0 Å². The number of benzene rings is 1. The van der Waals surface area contributed by atoms with Crippen LogP contribution in [-0.4, -0.2) is 9.97 Å². The molecule has 0 unspecified atom stereocenters. The van der Waals surface area contributed by atoms with Crippen LogP contribution in [0.25, 0.3) is 0 Å². The van der Waals surface area contributed by atoms with Crippen molar-refractivity contribution in [2.45, 2.75) is 6.92 Å². The first-order valence-electron chi connectivity index (χ1n) is 5.58. The first kappa shape index (κ1) is 11.0. The number of hydrogen-bond donors (Lipinski definition) is 2. The Kier molecular flexibility index (Phi) is 2.30. The molecule has 0 aliphatic carbocycles. The SMILES string of the molecule is Cc1ccc2c(c1)Nc1nc(C#N)c(C#N)nc1N2. The number of aromatic nitrogens is 2. The molecule has 0 saturated heterocycles. The maximum absolute atomic E-state index is 8.94. The van der Waals surface area contributed by atoms with Crippen LogP contribution in [-0.2, 0) is 0 Å². The second-order valence-electron chi connectivity index (χ2n) is 4.14. The zero-order valence-electron chi connectivity index (χ0n) is 10.0. The van der Waals surface area contributed by atoms with E-state index >= 15 is 0 Å². The van der Waals surface area contributed by atoms with Crippen molar-refractivity contribution in [3.05, 3.63) is 35.2 Å². The molecule has 2 N–H and O–H groups in total. The van der Waals surface area contributed by atoms with E-state index < -0.39 is 0 Å². The summed E-state index contributed by atoms with van der Waals surface area (Å²) in [7, 11) is 0. The molecule has 0 atom stereocenters. The molecule has 1 aliphatic rings. The molecule has 0 radical (unpaired) electrons. The highest BCUT2D eigenvalue weighted by Gasteiger charge is 2.19. The van der Waals surface area contributed by atoms with Gasteiger partial charge in [0.25, 0.3) is 0 Å². The number of hydrogen-bond acceptors (Lipinski definition) is 6. The lowest BCUT2D eigenvalue weighted by Crippen LogP contribution is -2.12. The Balaban J connectivity index is 2.13. The number of nitrogens with one attached hydrogen (secondary N) is 2. The molecule has 1 aromatic heterocycles. The quantitative estimate of drug-likeness (QED) is 0.633. The topological polar surface area (TPSA) is 97.4 Å². The van der Waals surface area contributed by atoms with Crippen LogP contribution in [0.4, 0.5) is 23.0 Å². The molecule has 0 fully saturated rings. The summed E-state index contributed by atoms with van der Waals surface area (Å²) in [6.07, 6.45) is 0. The van der Waals surface area contributed by atoms with Gasteiger partial charge >= 0.3 is 0 Å². The molecule has 3 rings (SSSR count).